The average Bonchev–Trinajstić information content (AvgIpc) is 2.47. The lowest BCUT2D eigenvalue weighted by atomic mass is 9.88. The van der Waals surface area contributed by atoms with Crippen molar-refractivity contribution in [2.24, 2.45) is 10.7 Å². The molecule has 2 rings (SSSR count). The van der Waals surface area contributed by atoms with E-state index in [1.165, 1.54) is 6.07 Å². The molecule has 2 N–H and O–H groups in total. The van der Waals surface area contributed by atoms with E-state index >= 15 is 0 Å². The molecule has 6 nitrogen and oxygen atoms in total. The smallest absolute Gasteiger partial charge is 0.270 e. The Morgan fingerprint density at radius 2 is 2.10 bits per heavy atom. The van der Waals surface area contributed by atoms with Gasteiger partial charge < -0.3 is 10.5 Å². The van der Waals surface area contributed by atoms with Crippen molar-refractivity contribution in [1.82, 2.24) is 0 Å². The Kier molecular flexibility index (Phi) is 3.71. The summed E-state index contributed by atoms with van der Waals surface area (Å²) in [6, 6.07) is 3.43. The molecule has 0 aliphatic carbocycles. The highest BCUT2D eigenvalue weighted by Gasteiger charge is 2.37. The van der Waals surface area contributed by atoms with Gasteiger partial charge >= 0.3 is 0 Å². The molecule has 114 valence electrons. The number of amidine groups is 1. The third-order valence-electron chi connectivity index (χ3n) is 3.78. The number of nitrogens with zero attached hydrogens (tertiary/aromatic N) is 2. The Hall–Kier alpha value is -2.02. The van der Waals surface area contributed by atoms with Crippen molar-refractivity contribution < 1.29 is 14.1 Å². The van der Waals surface area contributed by atoms with Gasteiger partial charge in [-0.2, -0.15) is 0 Å². The first-order valence-corrected chi connectivity index (χ1v) is 6.60. The first kappa shape index (κ1) is 15.4. The highest BCUT2D eigenvalue weighted by molar-refractivity contribution is 5.88. The first-order chi connectivity index (χ1) is 9.66. The number of nitrogens with two attached hydrogens (primary N) is 1. The minimum absolute atomic E-state index is 0.154. The van der Waals surface area contributed by atoms with E-state index in [9.17, 15) is 14.5 Å². The van der Waals surface area contributed by atoms with Gasteiger partial charge in [-0.1, -0.05) is 0 Å². The zero-order chi connectivity index (χ0) is 15.8. The van der Waals surface area contributed by atoms with Crippen LogP contribution in [0.4, 0.5) is 10.1 Å². The number of non-ortho nitro benzene ring substituents is 1. The zero-order valence-electron chi connectivity index (χ0n) is 12.2. The largest absolute Gasteiger partial charge is 0.385 e. The Balaban J connectivity index is 2.56. The number of nitro benzene ring substituents is 1. The minimum Gasteiger partial charge on any atom is -0.385 e. The molecule has 1 unspecified atom stereocenters. The Labute approximate surface area is 122 Å². The fourth-order valence-electron chi connectivity index (χ4n) is 2.27. The molecule has 1 aliphatic rings. The van der Waals surface area contributed by atoms with Crippen molar-refractivity contribution in [1.29, 1.82) is 0 Å². The van der Waals surface area contributed by atoms with E-state index in [2.05, 4.69) is 4.99 Å². The van der Waals surface area contributed by atoms with Gasteiger partial charge in [0.05, 0.1) is 17.1 Å². The maximum absolute atomic E-state index is 14.1. The second-order valence-corrected chi connectivity index (χ2v) is 5.80. The van der Waals surface area contributed by atoms with E-state index < -0.39 is 21.9 Å². The molecule has 1 heterocycles. The molecule has 0 fully saturated rings. The highest BCUT2D eigenvalue weighted by Crippen LogP contribution is 2.36. The third kappa shape index (κ3) is 2.87. The molecule has 1 aromatic rings. The zero-order valence-corrected chi connectivity index (χ0v) is 12.2. The maximum Gasteiger partial charge on any atom is 0.270 e. The quantitative estimate of drug-likeness (QED) is 0.670. The number of halogens is 1. The van der Waals surface area contributed by atoms with Crippen molar-refractivity contribution >= 4 is 11.5 Å². The van der Waals surface area contributed by atoms with Crippen LogP contribution >= 0.6 is 0 Å². The van der Waals surface area contributed by atoms with E-state index in [4.69, 9.17) is 10.5 Å². The Morgan fingerprint density at radius 3 is 2.71 bits per heavy atom. The normalized spacial score (nSPS) is 25.0. The van der Waals surface area contributed by atoms with Crippen LogP contribution in [0.2, 0.25) is 0 Å². The van der Waals surface area contributed by atoms with Crippen LogP contribution in [0.1, 0.15) is 32.8 Å². The van der Waals surface area contributed by atoms with Crippen LogP contribution in [0.3, 0.4) is 0 Å². The molecule has 0 radical (unpaired) electrons. The van der Waals surface area contributed by atoms with Crippen molar-refractivity contribution in [3.05, 3.63) is 39.7 Å². The molecule has 1 atom stereocenters. The Bertz CT molecular complexity index is 615. The number of nitro groups is 1. The van der Waals surface area contributed by atoms with Gasteiger partial charge in [0.2, 0.25) is 0 Å². The summed E-state index contributed by atoms with van der Waals surface area (Å²) in [5.41, 5.74) is 4.19. The number of aliphatic imine (C=N–C) groups is 1. The van der Waals surface area contributed by atoms with Gasteiger partial charge in [0.25, 0.3) is 5.69 Å². The van der Waals surface area contributed by atoms with Crippen LogP contribution in [-0.4, -0.2) is 23.0 Å². The summed E-state index contributed by atoms with van der Waals surface area (Å²) < 4.78 is 19.8. The summed E-state index contributed by atoms with van der Waals surface area (Å²) >= 11 is 0. The minimum atomic E-state index is -0.992. The van der Waals surface area contributed by atoms with Gasteiger partial charge in [-0.15, -0.1) is 0 Å². The summed E-state index contributed by atoms with van der Waals surface area (Å²) in [5.74, 6) is -0.298. The number of benzene rings is 1. The van der Waals surface area contributed by atoms with Crippen LogP contribution < -0.4 is 5.73 Å². The predicted octanol–water partition coefficient (Wildman–Crippen LogP) is 2.51. The van der Waals surface area contributed by atoms with E-state index in [1.54, 1.807) is 20.8 Å². The van der Waals surface area contributed by atoms with Gasteiger partial charge in [0.1, 0.15) is 17.3 Å². The summed E-state index contributed by atoms with van der Waals surface area (Å²) in [7, 11) is 0. The fourth-order valence-corrected chi connectivity index (χ4v) is 2.27. The second kappa shape index (κ2) is 5.07. The fraction of sp³-hybridized carbons (Fsp3) is 0.500. The molecule has 0 saturated carbocycles. The molecule has 0 spiro atoms. The maximum atomic E-state index is 14.1. The van der Waals surface area contributed by atoms with Crippen LogP contribution in [0.15, 0.2) is 23.2 Å². The molecular formula is C14H18FN3O3. The van der Waals surface area contributed by atoms with Crippen LogP contribution in [0, 0.1) is 15.9 Å². The molecule has 0 bridgehead atoms. The summed E-state index contributed by atoms with van der Waals surface area (Å²) in [6.07, 6.45) is 0.384. The highest BCUT2D eigenvalue weighted by atomic mass is 19.1. The van der Waals surface area contributed by atoms with Crippen molar-refractivity contribution in [3.63, 3.8) is 0 Å². The molecule has 0 amide bonds. The van der Waals surface area contributed by atoms with E-state index in [1.807, 2.05) is 0 Å². The van der Waals surface area contributed by atoms with Crippen LogP contribution in [0.5, 0.6) is 0 Å². The van der Waals surface area contributed by atoms with Crippen LogP contribution in [0.25, 0.3) is 0 Å². The van der Waals surface area contributed by atoms with E-state index in [0.29, 0.717) is 13.0 Å². The average molecular weight is 295 g/mol. The van der Waals surface area contributed by atoms with Crippen molar-refractivity contribution in [2.45, 2.75) is 38.3 Å². The summed E-state index contributed by atoms with van der Waals surface area (Å²) in [5, 5.41) is 10.9. The molecule has 0 aromatic heterocycles. The summed E-state index contributed by atoms with van der Waals surface area (Å²) in [6.45, 7) is 5.59. The number of hydrogen-bond acceptors (Lipinski definition) is 5. The van der Waals surface area contributed by atoms with Gasteiger partial charge in [0.15, 0.2) is 0 Å². The lowest BCUT2D eigenvalue weighted by Gasteiger charge is -2.25. The molecule has 21 heavy (non-hydrogen) atoms. The molecule has 1 aromatic carbocycles. The molecular weight excluding hydrogens is 277 g/mol. The van der Waals surface area contributed by atoms with Gasteiger partial charge in [-0.25, -0.2) is 4.39 Å². The Morgan fingerprint density at radius 1 is 1.43 bits per heavy atom. The first-order valence-electron chi connectivity index (χ1n) is 6.60. The summed E-state index contributed by atoms with van der Waals surface area (Å²) in [4.78, 5) is 14.7. The predicted molar refractivity (Wildman–Crippen MR) is 76.7 cm³/mol. The monoisotopic (exact) mass is 295 g/mol. The van der Waals surface area contributed by atoms with Gasteiger partial charge in [0, 0.05) is 24.1 Å². The SMILES string of the molecule is CC1(C)OCCC(C)(c2cc([N+](=O)[O-])ccc2F)N=C1N. The van der Waals surface area contributed by atoms with E-state index in [0.717, 1.165) is 12.1 Å². The third-order valence-corrected chi connectivity index (χ3v) is 3.78. The van der Waals surface area contributed by atoms with Crippen molar-refractivity contribution in [3.8, 4) is 0 Å². The van der Waals surface area contributed by atoms with Gasteiger partial charge in [-0.05, 0) is 26.8 Å². The lowest BCUT2D eigenvalue weighted by Crippen LogP contribution is -2.40. The number of ether oxygens (including phenoxy) is 1. The van der Waals surface area contributed by atoms with Gasteiger partial charge in [-0.3, -0.25) is 15.1 Å². The standard InChI is InChI=1S/C14H18FN3O3/c1-13(2)12(16)17-14(3,6-7-21-13)10-8-9(18(19)20)4-5-11(10)15/h4-5,8H,6-7H2,1-3H3,(H2,16,17). The molecule has 7 heteroatoms. The van der Waals surface area contributed by atoms with Crippen LogP contribution in [-0.2, 0) is 10.3 Å². The van der Waals surface area contributed by atoms with E-state index in [-0.39, 0.29) is 17.1 Å². The van der Waals surface area contributed by atoms with Crippen molar-refractivity contribution in [2.75, 3.05) is 6.61 Å². The topological polar surface area (TPSA) is 90.8 Å². The number of hydrogen-bond donors (Lipinski definition) is 1. The number of rotatable bonds is 2. The lowest BCUT2D eigenvalue weighted by molar-refractivity contribution is -0.385. The molecule has 1 aliphatic heterocycles. The molecule has 0 saturated heterocycles. The second-order valence-electron chi connectivity index (χ2n) is 5.80.